The highest BCUT2D eigenvalue weighted by Gasteiger charge is 2.22. The maximum Gasteiger partial charge on any atom is 0.270 e. The average Bonchev–Trinajstić information content (AvgIpc) is 2.52. The highest BCUT2D eigenvalue weighted by Crippen LogP contribution is 2.22. The summed E-state index contributed by atoms with van der Waals surface area (Å²) in [6.45, 7) is 5.27. The molecule has 0 fully saturated rings. The lowest BCUT2D eigenvalue weighted by Gasteiger charge is -2.28. The van der Waals surface area contributed by atoms with Gasteiger partial charge in [0.25, 0.3) is 5.91 Å². The lowest BCUT2D eigenvalue weighted by molar-refractivity contribution is -0.180. The van der Waals surface area contributed by atoms with Crippen LogP contribution in [0.2, 0.25) is 0 Å². The van der Waals surface area contributed by atoms with E-state index in [1.165, 1.54) is 6.08 Å². The average molecular weight is 311 g/mol. The van der Waals surface area contributed by atoms with Gasteiger partial charge in [0, 0.05) is 6.08 Å². The van der Waals surface area contributed by atoms with Crippen LogP contribution in [0.5, 0.6) is 11.5 Å². The molecule has 1 N–H and O–H groups in total. The van der Waals surface area contributed by atoms with E-state index in [9.17, 15) is 10.0 Å². The van der Waals surface area contributed by atoms with Crippen molar-refractivity contribution in [3.63, 3.8) is 0 Å². The molecule has 0 radical (unpaired) electrons. The summed E-state index contributed by atoms with van der Waals surface area (Å²) in [6, 6.07) is 16.9. The molecular formula is C19H21NO3. The number of carbonyl (C=O) groups is 1. The summed E-state index contributed by atoms with van der Waals surface area (Å²) in [6.07, 6.45) is 2.99. The van der Waals surface area contributed by atoms with Gasteiger partial charge in [-0.3, -0.25) is 10.0 Å². The Hall–Kier alpha value is -2.59. The molecule has 23 heavy (non-hydrogen) atoms. The molecule has 1 amide bonds. The normalized spacial score (nSPS) is 11.5. The standard InChI is InChI=1S/C19H21NO3/c1-19(2,3)20(22)18(21)13-12-15-8-7-11-17(14-15)23-16-9-5-4-6-10-16/h4-14,22H,1-3H3. The van der Waals surface area contributed by atoms with Crippen molar-refractivity contribution in [2.45, 2.75) is 26.3 Å². The first-order valence-electron chi connectivity index (χ1n) is 7.40. The fraction of sp³-hybridized carbons (Fsp3) is 0.211. The van der Waals surface area contributed by atoms with E-state index in [1.807, 2.05) is 54.6 Å². The molecule has 2 aromatic rings. The van der Waals surface area contributed by atoms with Crippen molar-refractivity contribution in [3.8, 4) is 11.5 Å². The third kappa shape index (κ3) is 4.97. The molecule has 0 atom stereocenters. The van der Waals surface area contributed by atoms with Crippen LogP contribution in [0, 0.1) is 0 Å². The summed E-state index contributed by atoms with van der Waals surface area (Å²) >= 11 is 0. The van der Waals surface area contributed by atoms with Gasteiger partial charge in [-0.25, -0.2) is 5.06 Å². The van der Waals surface area contributed by atoms with Crippen LogP contribution in [0.1, 0.15) is 26.3 Å². The van der Waals surface area contributed by atoms with E-state index in [4.69, 9.17) is 4.74 Å². The first-order chi connectivity index (χ1) is 10.9. The molecular weight excluding hydrogens is 290 g/mol. The summed E-state index contributed by atoms with van der Waals surface area (Å²) in [5, 5.41) is 10.5. The minimum absolute atomic E-state index is 0.466. The van der Waals surface area contributed by atoms with Gasteiger partial charge in [0.2, 0.25) is 0 Å². The van der Waals surface area contributed by atoms with Gasteiger partial charge in [0.1, 0.15) is 11.5 Å². The fourth-order valence-corrected chi connectivity index (χ4v) is 1.88. The molecule has 0 saturated carbocycles. The van der Waals surface area contributed by atoms with E-state index in [1.54, 1.807) is 26.8 Å². The number of amides is 1. The van der Waals surface area contributed by atoms with E-state index in [-0.39, 0.29) is 0 Å². The van der Waals surface area contributed by atoms with Gasteiger partial charge in [0.05, 0.1) is 5.54 Å². The van der Waals surface area contributed by atoms with E-state index >= 15 is 0 Å². The zero-order chi connectivity index (χ0) is 16.9. The zero-order valence-corrected chi connectivity index (χ0v) is 13.6. The predicted molar refractivity (Wildman–Crippen MR) is 90.4 cm³/mol. The van der Waals surface area contributed by atoms with Gasteiger partial charge < -0.3 is 4.74 Å². The number of benzene rings is 2. The Morgan fingerprint density at radius 3 is 2.35 bits per heavy atom. The summed E-state index contributed by atoms with van der Waals surface area (Å²) < 4.78 is 5.75. The van der Waals surface area contributed by atoms with E-state index in [0.29, 0.717) is 10.8 Å². The first-order valence-corrected chi connectivity index (χ1v) is 7.40. The van der Waals surface area contributed by atoms with Gasteiger partial charge in [-0.05, 0) is 56.7 Å². The summed E-state index contributed by atoms with van der Waals surface area (Å²) in [5.41, 5.74) is 0.175. The summed E-state index contributed by atoms with van der Waals surface area (Å²) in [7, 11) is 0. The minimum Gasteiger partial charge on any atom is -0.457 e. The number of rotatable bonds is 4. The van der Waals surface area contributed by atoms with E-state index in [2.05, 4.69) is 0 Å². The number of hydrogen-bond acceptors (Lipinski definition) is 3. The van der Waals surface area contributed by atoms with Gasteiger partial charge in [-0.15, -0.1) is 0 Å². The Balaban J connectivity index is 2.08. The number of hydroxylamine groups is 2. The quantitative estimate of drug-likeness (QED) is 0.513. The van der Waals surface area contributed by atoms with E-state index in [0.717, 1.165) is 11.3 Å². The van der Waals surface area contributed by atoms with Crippen LogP contribution in [0.25, 0.3) is 6.08 Å². The van der Waals surface area contributed by atoms with Gasteiger partial charge in [0.15, 0.2) is 0 Å². The second-order valence-electron chi connectivity index (χ2n) is 6.14. The maximum atomic E-state index is 11.9. The Morgan fingerprint density at radius 2 is 1.70 bits per heavy atom. The molecule has 0 unspecified atom stereocenters. The first kappa shape index (κ1) is 16.8. The van der Waals surface area contributed by atoms with Crippen LogP contribution in [0.4, 0.5) is 0 Å². The molecule has 4 heteroatoms. The highest BCUT2D eigenvalue weighted by atomic mass is 16.5. The van der Waals surface area contributed by atoms with Crippen LogP contribution in [-0.2, 0) is 4.79 Å². The second kappa shape index (κ2) is 7.11. The largest absolute Gasteiger partial charge is 0.457 e. The summed E-state index contributed by atoms with van der Waals surface area (Å²) in [4.78, 5) is 11.9. The van der Waals surface area contributed by atoms with Crippen molar-refractivity contribution < 1.29 is 14.7 Å². The smallest absolute Gasteiger partial charge is 0.270 e. The van der Waals surface area contributed by atoms with E-state index < -0.39 is 11.4 Å². The Bertz CT molecular complexity index is 687. The molecule has 0 heterocycles. The molecule has 0 aromatic heterocycles. The van der Waals surface area contributed by atoms with Crippen LogP contribution in [0.15, 0.2) is 60.7 Å². The topological polar surface area (TPSA) is 49.8 Å². The number of hydrogen-bond donors (Lipinski definition) is 1. The van der Waals surface area contributed by atoms with Crippen molar-refractivity contribution in [2.24, 2.45) is 0 Å². The van der Waals surface area contributed by atoms with Gasteiger partial charge in [-0.1, -0.05) is 30.3 Å². The van der Waals surface area contributed by atoms with Crippen LogP contribution >= 0.6 is 0 Å². The molecule has 0 bridgehead atoms. The molecule has 4 nitrogen and oxygen atoms in total. The van der Waals surface area contributed by atoms with Crippen molar-refractivity contribution in [1.29, 1.82) is 0 Å². The van der Waals surface area contributed by atoms with Crippen molar-refractivity contribution >= 4 is 12.0 Å². The number of para-hydroxylation sites is 1. The molecule has 2 aromatic carbocycles. The number of carbonyl (C=O) groups excluding carboxylic acids is 1. The third-order valence-corrected chi connectivity index (χ3v) is 3.10. The second-order valence-corrected chi connectivity index (χ2v) is 6.14. The molecule has 0 saturated heterocycles. The van der Waals surface area contributed by atoms with Crippen molar-refractivity contribution in [2.75, 3.05) is 0 Å². The molecule has 0 aliphatic rings. The van der Waals surface area contributed by atoms with Crippen molar-refractivity contribution in [1.82, 2.24) is 5.06 Å². The molecule has 0 aliphatic heterocycles. The zero-order valence-electron chi connectivity index (χ0n) is 13.6. The van der Waals surface area contributed by atoms with Crippen LogP contribution < -0.4 is 4.74 Å². The summed E-state index contributed by atoms with van der Waals surface area (Å²) in [5.74, 6) is 0.966. The lowest BCUT2D eigenvalue weighted by Crippen LogP contribution is -2.42. The Labute approximate surface area is 136 Å². The lowest BCUT2D eigenvalue weighted by atomic mass is 10.1. The van der Waals surface area contributed by atoms with Crippen molar-refractivity contribution in [3.05, 3.63) is 66.2 Å². The maximum absolute atomic E-state index is 11.9. The van der Waals surface area contributed by atoms with Gasteiger partial charge in [-0.2, -0.15) is 0 Å². The third-order valence-electron chi connectivity index (χ3n) is 3.10. The molecule has 2 rings (SSSR count). The molecule has 0 spiro atoms. The minimum atomic E-state index is -0.639. The van der Waals surface area contributed by atoms with Crippen LogP contribution in [-0.4, -0.2) is 21.7 Å². The number of ether oxygens (including phenoxy) is 1. The molecule has 0 aliphatic carbocycles. The fourth-order valence-electron chi connectivity index (χ4n) is 1.88. The van der Waals surface area contributed by atoms with Crippen LogP contribution in [0.3, 0.4) is 0 Å². The monoisotopic (exact) mass is 311 g/mol. The Morgan fingerprint density at radius 1 is 1.04 bits per heavy atom. The Kier molecular flexibility index (Phi) is 5.19. The highest BCUT2D eigenvalue weighted by molar-refractivity contribution is 5.91. The van der Waals surface area contributed by atoms with Gasteiger partial charge >= 0.3 is 0 Å². The predicted octanol–water partition coefficient (Wildman–Crippen LogP) is 4.51. The SMILES string of the molecule is CC(C)(C)N(O)C(=O)C=Cc1cccc(Oc2ccccc2)c1. The molecule has 120 valence electrons. The number of nitrogens with zero attached hydrogens (tertiary/aromatic N) is 1.